The second kappa shape index (κ2) is 5.19. The lowest BCUT2D eigenvalue weighted by molar-refractivity contribution is 0.179. The maximum atomic E-state index is 9.47. The summed E-state index contributed by atoms with van der Waals surface area (Å²) < 4.78 is 0. The van der Waals surface area contributed by atoms with Gasteiger partial charge in [-0.2, -0.15) is 5.26 Å². The molecule has 2 heteroatoms. The second-order valence-corrected chi connectivity index (χ2v) is 5.82. The quantitative estimate of drug-likeness (QED) is 0.822. The molecule has 3 atom stereocenters. The van der Waals surface area contributed by atoms with E-state index in [1.807, 2.05) is 6.08 Å². The molecule has 1 aromatic carbocycles. The third kappa shape index (κ3) is 2.43. The van der Waals surface area contributed by atoms with Crippen LogP contribution in [0.5, 0.6) is 0 Å². The van der Waals surface area contributed by atoms with Crippen molar-refractivity contribution in [2.75, 3.05) is 6.54 Å². The molecule has 0 aromatic heterocycles. The predicted octanol–water partition coefficient (Wildman–Crippen LogP) is 3.25. The van der Waals surface area contributed by atoms with E-state index in [1.165, 1.54) is 24.8 Å². The standard InChI is InChI=1S/C17H20N2/c1-2-13-3-5-14(6-4-13)9-17(11-18)19-12-15-7-8-16(19)10-15/h2-6,15-17H,1,7-10,12H2/t15?,16?,17-/m0/s1. The van der Waals surface area contributed by atoms with Crippen molar-refractivity contribution in [3.8, 4) is 6.07 Å². The normalized spacial score (nSPS) is 27.1. The van der Waals surface area contributed by atoms with Crippen LogP contribution in [0.25, 0.3) is 6.08 Å². The molecule has 1 saturated heterocycles. The summed E-state index contributed by atoms with van der Waals surface area (Å²) in [5, 5.41) is 9.47. The van der Waals surface area contributed by atoms with Gasteiger partial charge in [0.1, 0.15) is 6.04 Å². The van der Waals surface area contributed by atoms with Crippen molar-refractivity contribution in [1.29, 1.82) is 5.26 Å². The highest BCUT2D eigenvalue weighted by Gasteiger charge is 2.40. The number of likely N-dealkylation sites (tertiary alicyclic amines) is 1. The van der Waals surface area contributed by atoms with E-state index < -0.39 is 0 Å². The zero-order valence-electron chi connectivity index (χ0n) is 11.3. The van der Waals surface area contributed by atoms with Gasteiger partial charge in [-0.05, 0) is 36.3 Å². The fraction of sp³-hybridized carbons (Fsp3) is 0.471. The summed E-state index contributed by atoms with van der Waals surface area (Å²) in [6.07, 6.45) is 6.67. The molecule has 19 heavy (non-hydrogen) atoms. The minimum Gasteiger partial charge on any atom is -0.284 e. The van der Waals surface area contributed by atoms with Gasteiger partial charge in [-0.15, -0.1) is 0 Å². The Balaban J connectivity index is 1.69. The topological polar surface area (TPSA) is 27.0 Å². The molecule has 98 valence electrons. The number of benzene rings is 1. The van der Waals surface area contributed by atoms with Gasteiger partial charge in [-0.1, -0.05) is 36.9 Å². The Labute approximate surface area is 115 Å². The maximum absolute atomic E-state index is 9.47. The molecule has 2 unspecified atom stereocenters. The van der Waals surface area contributed by atoms with Crippen molar-refractivity contribution in [1.82, 2.24) is 4.90 Å². The molecule has 2 nitrogen and oxygen atoms in total. The van der Waals surface area contributed by atoms with Gasteiger partial charge in [-0.3, -0.25) is 4.90 Å². The van der Waals surface area contributed by atoms with Gasteiger partial charge in [0.2, 0.25) is 0 Å². The van der Waals surface area contributed by atoms with Crippen LogP contribution >= 0.6 is 0 Å². The molecule has 0 amide bonds. The molecule has 1 aliphatic heterocycles. The summed E-state index contributed by atoms with van der Waals surface area (Å²) in [5.74, 6) is 0.851. The van der Waals surface area contributed by atoms with Crippen molar-refractivity contribution in [2.24, 2.45) is 5.92 Å². The van der Waals surface area contributed by atoms with Crippen LogP contribution < -0.4 is 0 Å². The van der Waals surface area contributed by atoms with E-state index in [1.54, 1.807) is 0 Å². The summed E-state index contributed by atoms with van der Waals surface area (Å²) in [5.41, 5.74) is 2.39. The first-order valence-corrected chi connectivity index (χ1v) is 7.17. The molecule has 2 bridgehead atoms. The van der Waals surface area contributed by atoms with Crippen molar-refractivity contribution < 1.29 is 0 Å². The van der Waals surface area contributed by atoms with Crippen molar-refractivity contribution in [3.63, 3.8) is 0 Å². The van der Waals surface area contributed by atoms with Crippen molar-refractivity contribution in [3.05, 3.63) is 42.0 Å². The highest BCUT2D eigenvalue weighted by Crippen LogP contribution is 2.38. The predicted molar refractivity (Wildman–Crippen MR) is 77.5 cm³/mol. The summed E-state index contributed by atoms with van der Waals surface area (Å²) in [4.78, 5) is 2.44. The number of rotatable bonds is 4. The van der Waals surface area contributed by atoms with Gasteiger partial charge in [0.25, 0.3) is 0 Å². The minimum atomic E-state index is 0.0462. The first-order chi connectivity index (χ1) is 9.30. The fourth-order valence-electron chi connectivity index (χ4n) is 3.59. The van der Waals surface area contributed by atoms with Crippen LogP contribution in [0.3, 0.4) is 0 Å². The van der Waals surface area contributed by atoms with Crippen LogP contribution in [0.1, 0.15) is 30.4 Å². The number of hydrogen-bond donors (Lipinski definition) is 0. The number of fused-ring (bicyclic) bond motifs is 2. The Morgan fingerprint density at radius 1 is 1.37 bits per heavy atom. The van der Waals surface area contributed by atoms with Crippen LogP contribution in [-0.2, 0) is 6.42 Å². The number of piperidine rings is 1. The lowest BCUT2D eigenvalue weighted by Crippen LogP contribution is -2.41. The molecular weight excluding hydrogens is 232 g/mol. The Kier molecular flexibility index (Phi) is 3.40. The molecule has 0 spiro atoms. The lowest BCUT2D eigenvalue weighted by atomic mass is 10.0. The SMILES string of the molecule is C=Cc1ccc(C[C@@H](C#N)N2CC3CCC2C3)cc1. The van der Waals surface area contributed by atoms with E-state index in [0.717, 1.165) is 24.4 Å². The number of hydrogen-bond acceptors (Lipinski definition) is 2. The van der Waals surface area contributed by atoms with Gasteiger partial charge in [0.15, 0.2) is 0 Å². The van der Waals surface area contributed by atoms with Gasteiger partial charge in [-0.25, -0.2) is 0 Å². The number of nitriles is 1. The third-order valence-corrected chi connectivity index (χ3v) is 4.65. The maximum Gasteiger partial charge on any atom is 0.102 e. The first kappa shape index (κ1) is 12.4. The molecular formula is C17H20N2. The largest absolute Gasteiger partial charge is 0.284 e. The average molecular weight is 252 g/mol. The smallest absolute Gasteiger partial charge is 0.102 e. The number of nitrogens with zero attached hydrogens (tertiary/aromatic N) is 2. The van der Waals surface area contributed by atoms with Crippen molar-refractivity contribution >= 4 is 6.08 Å². The summed E-state index contributed by atoms with van der Waals surface area (Å²) >= 11 is 0. The van der Waals surface area contributed by atoms with Gasteiger partial charge < -0.3 is 0 Å². The van der Waals surface area contributed by atoms with Crippen LogP contribution in [0.15, 0.2) is 30.8 Å². The van der Waals surface area contributed by atoms with Gasteiger partial charge in [0.05, 0.1) is 6.07 Å². The average Bonchev–Trinajstić information content (AvgIpc) is 3.08. The van der Waals surface area contributed by atoms with E-state index in [0.29, 0.717) is 6.04 Å². The minimum absolute atomic E-state index is 0.0462. The zero-order chi connectivity index (χ0) is 13.2. The third-order valence-electron chi connectivity index (χ3n) is 4.65. The van der Waals surface area contributed by atoms with E-state index in [2.05, 4.69) is 41.8 Å². The highest BCUT2D eigenvalue weighted by atomic mass is 15.2. The highest BCUT2D eigenvalue weighted by molar-refractivity contribution is 5.47. The van der Waals surface area contributed by atoms with Crippen LogP contribution in [0, 0.1) is 17.2 Å². The summed E-state index contributed by atoms with van der Waals surface area (Å²) in [6, 6.07) is 11.6. The van der Waals surface area contributed by atoms with E-state index in [9.17, 15) is 5.26 Å². The second-order valence-electron chi connectivity index (χ2n) is 5.82. The Morgan fingerprint density at radius 3 is 2.68 bits per heavy atom. The van der Waals surface area contributed by atoms with Crippen LogP contribution in [-0.4, -0.2) is 23.5 Å². The molecule has 2 aliphatic rings. The van der Waals surface area contributed by atoms with E-state index in [-0.39, 0.29) is 6.04 Å². The molecule has 0 radical (unpaired) electrons. The Bertz CT molecular complexity index is 497. The molecule has 1 aromatic rings. The molecule has 2 fully saturated rings. The van der Waals surface area contributed by atoms with Crippen LogP contribution in [0.2, 0.25) is 0 Å². The fourth-order valence-corrected chi connectivity index (χ4v) is 3.59. The molecule has 3 rings (SSSR count). The molecule has 1 aliphatic carbocycles. The van der Waals surface area contributed by atoms with E-state index >= 15 is 0 Å². The summed E-state index contributed by atoms with van der Waals surface area (Å²) in [6.45, 7) is 4.90. The van der Waals surface area contributed by atoms with E-state index in [4.69, 9.17) is 0 Å². The lowest BCUT2D eigenvalue weighted by Gasteiger charge is -2.30. The zero-order valence-corrected chi connectivity index (χ0v) is 11.3. The molecule has 0 N–H and O–H groups in total. The monoisotopic (exact) mass is 252 g/mol. The Hall–Kier alpha value is -1.59. The first-order valence-electron chi connectivity index (χ1n) is 7.17. The molecule has 1 saturated carbocycles. The summed E-state index contributed by atoms with van der Waals surface area (Å²) in [7, 11) is 0. The van der Waals surface area contributed by atoms with Gasteiger partial charge >= 0.3 is 0 Å². The molecule has 1 heterocycles. The van der Waals surface area contributed by atoms with Gasteiger partial charge in [0, 0.05) is 19.0 Å². The Morgan fingerprint density at radius 2 is 2.16 bits per heavy atom. The van der Waals surface area contributed by atoms with Crippen molar-refractivity contribution in [2.45, 2.75) is 37.8 Å². The van der Waals surface area contributed by atoms with Crippen LogP contribution in [0.4, 0.5) is 0 Å².